The van der Waals surface area contributed by atoms with Gasteiger partial charge in [-0.1, -0.05) is 24.3 Å². The molecule has 1 aromatic heterocycles. The van der Waals surface area contributed by atoms with Crippen molar-refractivity contribution in [2.24, 2.45) is 0 Å². The van der Waals surface area contributed by atoms with Gasteiger partial charge in [-0.3, -0.25) is 9.59 Å². The predicted octanol–water partition coefficient (Wildman–Crippen LogP) is 2.99. The second-order valence-corrected chi connectivity index (χ2v) is 5.82. The molecule has 25 heavy (non-hydrogen) atoms. The molecule has 1 heterocycles. The maximum Gasteiger partial charge on any atom is 0.247 e. The van der Waals surface area contributed by atoms with Gasteiger partial charge in [-0.25, -0.2) is 4.39 Å². The first kappa shape index (κ1) is 16.7. The van der Waals surface area contributed by atoms with Crippen molar-refractivity contribution in [1.82, 2.24) is 10.3 Å². The van der Waals surface area contributed by atoms with Crippen LogP contribution >= 0.6 is 0 Å². The Bertz CT molecular complexity index is 920. The molecule has 1 atom stereocenters. The Kier molecular flexibility index (Phi) is 4.79. The third kappa shape index (κ3) is 4.03. The Morgan fingerprint density at radius 1 is 1.16 bits per heavy atom. The molecule has 0 aliphatic rings. The van der Waals surface area contributed by atoms with E-state index < -0.39 is 17.8 Å². The molecule has 2 aromatic carbocycles. The van der Waals surface area contributed by atoms with Crippen LogP contribution in [0.5, 0.6) is 0 Å². The molecule has 1 unspecified atom stereocenters. The number of carbonyl (C=O) groups excluding carboxylic acids is 2. The van der Waals surface area contributed by atoms with Crippen molar-refractivity contribution in [1.29, 1.82) is 0 Å². The number of aromatic amines is 1. The fraction of sp³-hybridized carbons (Fsp3) is 0.158. The molecule has 0 spiro atoms. The van der Waals surface area contributed by atoms with Crippen LogP contribution in [0.4, 0.5) is 10.1 Å². The van der Waals surface area contributed by atoms with E-state index in [-0.39, 0.29) is 5.91 Å². The van der Waals surface area contributed by atoms with E-state index in [1.54, 1.807) is 6.07 Å². The predicted molar refractivity (Wildman–Crippen MR) is 94.6 cm³/mol. The molecule has 0 saturated carbocycles. The van der Waals surface area contributed by atoms with Crippen molar-refractivity contribution < 1.29 is 14.0 Å². The molecule has 0 aliphatic carbocycles. The summed E-state index contributed by atoms with van der Waals surface area (Å²) in [7, 11) is 0. The van der Waals surface area contributed by atoms with Crippen molar-refractivity contribution in [2.45, 2.75) is 19.4 Å². The lowest BCUT2D eigenvalue weighted by molar-refractivity contribution is -0.125. The number of halogens is 1. The lowest BCUT2D eigenvalue weighted by Crippen LogP contribution is -2.44. The number of nitrogens with one attached hydrogen (secondary N) is 3. The Morgan fingerprint density at radius 3 is 2.72 bits per heavy atom. The quantitative estimate of drug-likeness (QED) is 0.668. The molecule has 3 N–H and O–H groups in total. The number of para-hydroxylation sites is 1. The molecule has 6 heteroatoms. The Hall–Kier alpha value is -3.15. The number of carbonyl (C=O) groups is 2. The van der Waals surface area contributed by atoms with Crippen LogP contribution in [0.15, 0.2) is 54.7 Å². The minimum absolute atomic E-state index is 0.306. The van der Waals surface area contributed by atoms with Crippen LogP contribution in [0, 0.1) is 5.82 Å². The zero-order valence-corrected chi connectivity index (χ0v) is 13.7. The molecule has 3 rings (SSSR count). The van der Waals surface area contributed by atoms with Crippen LogP contribution < -0.4 is 10.6 Å². The summed E-state index contributed by atoms with van der Waals surface area (Å²) >= 11 is 0. The van der Waals surface area contributed by atoms with Crippen LogP contribution in [0.2, 0.25) is 0 Å². The summed E-state index contributed by atoms with van der Waals surface area (Å²) in [4.78, 5) is 27.2. The van der Waals surface area contributed by atoms with Gasteiger partial charge in [0.1, 0.15) is 11.9 Å². The Morgan fingerprint density at radius 2 is 1.96 bits per heavy atom. The molecule has 0 bridgehead atoms. The van der Waals surface area contributed by atoms with Gasteiger partial charge in [-0.05, 0) is 29.8 Å². The summed E-state index contributed by atoms with van der Waals surface area (Å²) in [6.45, 7) is 1.36. The lowest BCUT2D eigenvalue weighted by atomic mass is 10.0. The number of anilines is 1. The summed E-state index contributed by atoms with van der Waals surface area (Å²) < 4.78 is 13.3. The molecule has 0 fully saturated rings. The molecule has 0 aliphatic heterocycles. The summed E-state index contributed by atoms with van der Waals surface area (Å²) in [6, 6.07) is 12.6. The molecule has 0 radical (unpaired) electrons. The van der Waals surface area contributed by atoms with Crippen LogP contribution in [0.3, 0.4) is 0 Å². The van der Waals surface area contributed by atoms with Gasteiger partial charge < -0.3 is 15.6 Å². The SMILES string of the molecule is CC(=O)NC(Cc1c[nH]c2ccccc12)C(=O)Nc1cccc(F)c1. The molecule has 3 aromatic rings. The molecule has 128 valence electrons. The second kappa shape index (κ2) is 7.17. The zero-order chi connectivity index (χ0) is 17.8. The highest BCUT2D eigenvalue weighted by Gasteiger charge is 2.21. The van der Waals surface area contributed by atoms with Crippen LogP contribution in [0.1, 0.15) is 12.5 Å². The third-order valence-corrected chi connectivity index (χ3v) is 3.89. The minimum atomic E-state index is -0.764. The summed E-state index contributed by atoms with van der Waals surface area (Å²) in [6.07, 6.45) is 2.15. The third-order valence-electron chi connectivity index (χ3n) is 3.89. The first-order valence-corrected chi connectivity index (χ1v) is 7.91. The van der Waals surface area contributed by atoms with Gasteiger partial charge in [0.2, 0.25) is 11.8 Å². The normalized spacial score (nSPS) is 11.9. The van der Waals surface area contributed by atoms with Gasteiger partial charge in [0.25, 0.3) is 0 Å². The highest BCUT2D eigenvalue weighted by atomic mass is 19.1. The van der Waals surface area contributed by atoms with E-state index in [1.165, 1.54) is 25.1 Å². The molecular weight excluding hydrogens is 321 g/mol. The average molecular weight is 339 g/mol. The van der Waals surface area contributed by atoms with Gasteiger partial charge in [0.05, 0.1) is 0 Å². The molecule has 2 amide bonds. The number of rotatable bonds is 5. The maximum absolute atomic E-state index is 13.3. The second-order valence-electron chi connectivity index (χ2n) is 5.82. The van der Waals surface area contributed by atoms with Gasteiger partial charge in [0, 0.05) is 36.1 Å². The van der Waals surface area contributed by atoms with Crippen LogP contribution in [0.25, 0.3) is 10.9 Å². The topological polar surface area (TPSA) is 74.0 Å². The summed E-state index contributed by atoms with van der Waals surface area (Å²) in [5, 5.41) is 6.30. The number of hydrogen-bond acceptors (Lipinski definition) is 2. The van der Waals surface area contributed by atoms with Gasteiger partial charge in [-0.2, -0.15) is 0 Å². The highest BCUT2D eigenvalue weighted by Crippen LogP contribution is 2.19. The van der Waals surface area contributed by atoms with E-state index in [2.05, 4.69) is 15.6 Å². The van der Waals surface area contributed by atoms with Crippen LogP contribution in [-0.4, -0.2) is 22.8 Å². The summed E-state index contributed by atoms with van der Waals surface area (Å²) in [5.41, 5.74) is 2.23. The first-order valence-electron chi connectivity index (χ1n) is 7.91. The highest BCUT2D eigenvalue weighted by molar-refractivity contribution is 5.97. The standard InChI is InChI=1S/C19H18FN3O2/c1-12(24)22-18(19(25)23-15-6-4-5-14(20)10-15)9-13-11-21-17-8-3-2-7-16(13)17/h2-8,10-11,18,21H,9H2,1H3,(H,22,24)(H,23,25). The smallest absolute Gasteiger partial charge is 0.247 e. The number of benzene rings is 2. The van der Waals surface area contributed by atoms with Gasteiger partial charge in [0.15, 0.2) is 0 Å². The summed E-state index contributed by atoms with van der Waals surface area (Å²) in [5.74, 6) is -1.14. The van der Waals surface area contributed by atoms with E-state index in [9.17, 15) is 14.0 Å². The van der Waals surface area contributed by atoms with Crippen LogP contribution in [-0.2, 0) is 16.0 Å². The van der Waals surface area contributed by atoms with E-state index in [0.29, 0.717) is 12.1 Å². The van der Waals surface area contributed by atoms with Crippen molar-refractivity contribution >= 4 is 28.4 Å². The fourth-order valence-electron chi connectivity index (χ4n) is 2.77. The number of H-pyrrole nitrogens is 1. The lowest BCUT2D eigenvalue weighted by Gasteiger charge is -2.17. The van der Waals surface area contributed by atoms with E-state index >= 15 is 0 Å². The monoisotopic (exact) mass is 339 g/mol. The Balaban J connectivity index is 1.81. The van der Waals surface area contributed by atoms with Crippen molar-refractivity contribution in [2.75, 3.05) is 5.32 Å². The number of aromatic nitrogens is 1. The molecule has 5 nitrogen and oxygen atoms in total. The largest absolute Gasteiger partial charge is 0.361 e. The Labute approximate surface area is 144 Å². The van der Waals surface area contributed by atoms with Gasteiger partial charge >= 0.3 is 0 Å². The number of hydrogen-bond donors (Lipinski definition) is 3. The van der Waals surface area contributed by atoms with E-state index in [4.69, 9.17) is 0 Å². The number of fused-ring (bicyclic) bond motifs is 1. The maximum atomic E-state index is 13.3. The van der Waals surface area contributed by atoms with Crippen molar-refractivity contribution in [3.8, 4) is 0 Å². The van der Waals surface area contributed by atoms with Crippen molar-refractivity contribution in [3.05, 3.63) is 66.1 Å². The fourth-order valence-corrected chi connectivity index (χ4v) is 2.77. The average Bonchev–Trinajstić information content (AvgIpc) is 2.97. The van der Waals surface area contributed by atoms with E-state index in [1.807, 2.05) is 30.5 Å². The molecule has 0 saturated heterocycles. The van der Waals surface area contributed by atoms with Crippen molar-refractivity contribution in [3.63, 3.8) is 0 Å². The first-order chi connectivity index (χ1) is 12.0. The van der Waals surface area contributed by atoms with Gasteiger partial charge in [-0.15, -0.1) is 0 Å². The van der Waals surface area contributed by atoms with E-state index in [0.717, 1.165) is 16.5 Å². The molecular formula is C19H18FN3O2. The minimum Gasteiger partial charge on any atom is -0.361 e. The zero-order valence-electron chi connectivity index (χ0n) is 13.7. The number of amides is 2.